The number of pyridine rings is 1. The van der Waals surface area contributed by atoms with Crippen molar-refractivity contribution in [1.82, 2.24) is 8.96 Å². The Labute approximate surface area is 137 Å². The fraction of sp³-hybridized carbons (Fsp3) is 0.0625. The predicted molar refractivity (Wildman–Crippen MR) is 85.8 cm³/mol. The number of carbonyl (C=O) groups is 2. The number of hydrogen-bond donors (Lipinski definition) is 1. The molecule has 0 saturated heterocycles. The molecule has 0 aliphatic heterocycles. The Morgan fingerprint density at radius 2 is 1.88 bits per heavy atom. The number of rotatable bonds is 4. The summed E-state index contributed by atoms with van der Waals surface area (Å²) in [6.07, 6.45) is 2.71. The van der Waals surface area contributed by atoms with E-state index in [1.807, 2.05) is 6.92 Å². The van der Waals surface area contributed by atoms with E-state index in [1.165, 1.54) is 24.4 Å². The number of hydrogen-bond acceptors (Lipinski definition) is 5. The molecule has 0 fully saturated rings. The quantitative estimate of drug-likeness (QED) is 0.726. The molecule has 1 N–H and O–H groups in total. The number of carboxylic acids is 1. The normalized spacial score (nSPS) is 11.5. The summed E-state index contributed by atoms with van der Waals surface area (Å²) in [4.78, 5) is 26.6. The lowest BCUT2D eigenvalue weighted by atomic mass is 10.1. The zero-order valence-corrected chi connectivity index (χ0v) is 13.3. The lowest BCUT2D eigenvalue weighted by Gasteiger charge is -2.07. The van der Waals surface area contributed by atoms with Gasteiger partial charge in [0, 0.05) is 23.3 Å². The van der Waals surface area contributed by atoms with Crippen molar-refractivity contribution >= 4 is 33.3 Å². The number of aromatic nitrogens is 2. The number of aldehydes is 1. The number of carbonyl (C=O) groups excluding carboxylic acids is 1. The van der Waals surface area contributed by atoms with E-state index < -0.39 is 16.0 Å². The molecule has 0 atom stereocenters. The number of nitrogens with zero attached hydrogens (tertiary/aromatic N) is 2. The van der Waals surface area contributed by atoms with Gasteiger partial charge in [-0.05, 0) is 25.1 Å². The Morgan fingerprint density at radius 1 is 1.21 bits per heavy atom. The summed E-state index contributed by atoms with van der Waals surface area (Å²) < 4.78 is 26.5. The summed E-state index contributed by atoms with van der Waals surface area (Å²) in [7, 11) is -4.05. The molecule has 0 amide bonds. The average molecular weight is 344 g/mol. The van der Waals surface area contributed by atoms with Crippen LogP contribution in [0.2, 0.25) is 0 Å². The van der Waals surface area contributed by atoms with E-state index in [4.69, 9.17) is 0 Å². The van der Waals surface area contributed by atoms with Gasteiger partial charge in [0.1, 0.15) is 0 Å². The van der Waals surface area contributed by atoms with Gasteiger partial charge in [-0.2, -0.15) is 0 Å². The van der Waals surface area contributed by atoms with Gasteiger partial charge in [0.05, 0.1) is 10.5 Å². The van der Waals surface area contributed by atoms with E-state index in [2.05, 4.69) is 4.98 Å². The first kappa shape index (κ1) is 15.9. The van der Waals surface area contributed by atoms with E-state index in [-0.39, 0.29) is 27.1 Å². The van der Waals surface area contributed by atoms with E-state index in [9.17, 15) is 23.1 Å². The molecule has 0 saturated carbocycles. The smallest absolute Gasteiger partial charge is 0.338 e. The molecule has 122 valence electrons. The summed E-state index contributed by atoms with van der Waals surface area (Å²) in [6.45, 7) is 1.82. The standard InChI is InChI=1S/C16H12N2O5S/c1-10-2-4-12(5-3-10)24(22,23)18-8-13(16(20)21)14-11(9-19)6-7-17-15(14)18/h2-9H,1H3,(H,20,21). The van der Waals surface area contributed by atoms with Crippen LogP contribution in [0, 0.1) is 6.92 Å². The molecular formula is C16H12N2O5S. The third-order valence-electron chi connectivity index (χ3n) is 3.62. The molecule has 7 nitrogen and oxygen atoms in total. The van der Waals surface area contributed by atoms with Crippen molar-refractivity contribution in [2.45, 2.75) is 11.8 Å². The Balaban J connectivity index is 2.36. The van der Waals surface area contributed by atoms with Crippen LogP contribution in [0.15, 0.2) is 47.6 Å². The summed E-state index contributed by atoms with van der Waals surface area (Å²) in [5, 5.41) is 9.33. The molecule has 8 heteroatoms. The molecule has 1 aromatic carbocycles. The zero-order chi connectivity index (χ0) is 17.5. The molecule has 24 heavy (non-hydrogen) atoms. The van der Waals surface area contributed by atoms with Gasteiger partial charge in [-0.3, -0.25) is 4.79 Å². The van der Waals surface area contributed by atoms with Crippen molar-refractivity contribution in [3.63, 3.8) is 0 Å². The third kappa shape index (κ3) is 2.37. The van der Waals surface area contributed by atoms with Crippen LogP contribution in [0.1, 0.15) is 26.3 Å². The van der Waals surface area contributed by atoms with Gasteiger partial charge in [-0.1, -0.05) is 17.7 Å². The van der Waals surface area contributed by atoms with Gasteiger partial charge in [0.25, 0.3) is 10.0 Å². The van der Waals surface area contributed by atoms with Crippen LogP contribution in [-0.4, -0.2) is 34.7 Å². The highest BCUT2D eigenvalue weighted by molar-refractivity contribution is 7.90. The molecule has 0 spiro atoms. The second-order valence-corrected chi connectivity index (χ2v) is 6.99. The van der Waals surface area contributed by atoms with Gasteiger partial charge in [0.15, 0.2) is 11.9 Å². The van der Waals surface area contributed by atoms with Crippen LogP contribution >= 0.6 is 0 Å². The molecule has 2 aromatic heterocycles. The first-order chi connectivity index (χ1) is 11.4. The minimum absolute atomic E-state index is 0.000227. The second kappa shape index (κ2) is 5.57. The molecule has 0 radical (unpaired) electrons. The minimum Gasteiger partial charge on any atom is -0.478 e. The molecular weight excluding hydrogens is 332 g/mol. The Morgan fingerprint density at radius 3 is 2.46 bits per heavy atom. The molecule has 3 aromatic rings. The van der Waals surface area contributed by atoms with Crippen molar-refractivity contribution in [3.05, 3.63) is 59.4 Å². The Hall–Kier alpha value is -3.00. The summed E-state index contributed by atoms with van der Waals surface area (Å²) >= 11 is 0. The Kier molecular flexibility index (Phi) is 3.69. The number of aryl methyl sites for hydroxylation is 1. The molecule has 0 unspecified atom stereocenters. The van der Waals surface area contributed by atoms with E-state index in [0.29, 0.717) is 6.29 Å². The van der Waals surface area contributed by atoms with Crippen molar-refractivity contribution in [2.75, 3.05) is 0 Å². The van der Waals surface area contributed by atoms with Crippen LogP contribution < -0.4 is 0 Å². The van der Waals surface area contributed by atoms with E-state index >= 15 is 0 Å². The first-order valence-corrected chi connectivity index (χ1v) is 8.31. The van der Waals surface area contributed by atoms with Crippen molar-refractivity contribution in [2.24, 2.45) is 0 Å². The van der Waals surface area contributed by atoms with Crippen LogP contribution in [-0.2, 0) is 10.0 Å². The Bertz CT molecular complexity index is 1070. The monoisotopic (exact) mass is 344 g/mol. The number of fused-ring (bicyclic) bond motifs is 1. The lowest BCUT2D eigenvalue weighted by Crippen LogP contribution is -2.12. The molecule has 0 bridgehead atoms. The maximum atomic E-state index is 12.8. The average Bonchev–Trinajstić information content (AvgIpc) is 2.96. The van der Waals surface area contributed by atoms with Crippen molar-refractivity contribution in [3.8, 4) is 0 Å². The van der Waals surface area contributed by atoms with Crippen LogP contribution in [0.4, 0.5) is 0 Å². The molecule has 3 rings (SSSR count). The number of aromatic carboxylic acids is 1. The maximum absolute atomic E-state index is 12.8. The van der Waals surface area contributed by atoms with Gasteiger partial charge in [-0.15, -0.1) is 0 Å². The fourth-order valence-electron chi connectivity index (χ4n) is 2.42. The summed E-state index contributed by atoms with van der Waals surface area (Å²) in [6, 6.07) is 7.48. The van der Waals surface area contributed by atoms with Crippen LogP contribution in [0.3, 0.4) is 0 Å². The minimum atomic E-state index is -4.05. The molecule has 0 aliphatic carbocycles. The zero-order valence-electron chi connectivity index (χ0n) is 12.5. The van der Waals surface area contributed by atoms with Crippen molar-refractivity contribution in [1.29, 1.82) is 0 Å². The third-order valence-corrected chi connectivity index (χ3v) is 5.29. The maximum Gasteiger partial charge on any atom is 0.338 e. The predicted octanol–water partition coefficient (Wildman–Crippen LogP) is 2.09. The highest BCUT2D eigenvalue weighted by Gasteiger charge is 2.25. The van der Waals surface area contributed by atoms with Gasteiger partial charge in [-0.25, -0.2) is 22.2 Å². The highest BCUT2D eigenvalue weighted by atomic mass is 32.2. The van der Waals surface area contributed by atoms with Crippen LogP contribution in [0.5, 0.6) is 0 Å². The van der Waals surface area contributed by atoms with Gasteiger partial charge in [0.2, 0.25) is 0 Å². The van der Waals surface area contributed by atoms with Crippen molar-refractivity contribution < 1.29 is 23.1 Å². The van der Waals surface area contributed by atoms with E-state index in [1.54, 1.807) is 12.1 Å². The van der Waals surface area contributed by atoms with E-state index in [0.717, 1.165) is 15.7 Å². The summed E-state index contributed by atoms with van der Waals surface area (Å²) in [5.74, 6) is -1.34. The lowest BCUT2D eigenvalue weighted by molar-refractivity contribution is 0.0699. The molecule has 0 aliphatic rings. The molecule has 2 heterocycles. The SMILES string of the molecule is Cc1ccc(S(=O)(=O)n2cc(C(=O)O)c3c(C=O)ccnc32)cc1. The van der Waals surface area contributed by atoms with Gasteiger partial charge < -0.3 is 5.11 Å². The number of benzene rings is 1. The number of carboxylic acid groups (broad SMARTS) is 1. The second-order valence-electron chi connectivity index (χ2n) is 5.18. The highest BCUT2D eigenvalue weighted by Crippen LogP contribution is 2.27. The first-order valence-electron chi connectivity index (χ1n) is 6.87. The summed E-state index contributed by atoms with van der Waals surface area (Å²) in [5.41, 5.74) is 0.558. The van der Waals surface area contributed by atoms with Crippen LogP contribution in [0.25, 0.3) is 11.0 Å². The topological polar surface area (TPSA) is 106 Å². The van der Waals surface area contributed by atoms with Gasteiger partial charge >= 0.3 is 5.97 Å². The fourth-order valence-corrected chi connectivity index (χ4v) is 3.74. The largest absolute Gasteiger partial charge is 0.478 e.